The van der Waals surface area contributed by atoms with Crippen molar-refractivity contribution in [3.63, 3.8) is 0 Å². The minimum Gasteiger partial charge on any atom is -0.464 e. The van der Waals surface area contributed by atoms with E-state index in [1.807, 2.05) is 6.92 Å². The molecule has 110 valence electrons. The summed E-state index contributed by atoms with van der Waals surface area (Å²) in [6.07, 6.45) is 3.24. The summed E-state index contributed by atoms with van der Waals surface area (Å²) in [5.74, 6) is 0. The Hall–Kier alpha value is -1.87. The van der Waals surface area contributed by atoms with Crippen molar-refractivity contribution in [2.45, 2.75) is 13.3 Å². The number of hydrogen-bond acceptors (Lipinski definition) is 5. The molecule has 0 amide bonds. The lowest BCUT2D eigenvalue weighted by molar-refractivity contribution is 0.281. The first-order valence-electron chi connectivity index (χ1n) is 6.02. The van der Waals surface area contributed by atoms with Crippen molar-refractivity contribution in [2.75, 3.05) is 19.4 Å². The molecule has 0 spiro atoms. The molecule has 0 fully saturated rings. The van der Waals surface area contributed by atoms with Gasteiger partial charge in [0.25, 0.3) is 5.56 Å². The predicted octanol–water partition coefficient (Wildman–Crippen LogP) is -0.351. The summed E-state index contributed by atoms with van der Waals surface area (Å²) in [5.41, 5.74) is 1.05. The van der Waals surface area contributed by atoms with Crippen LogP contribution in [0.25, 0.3) is 5.52 Å². The summed E-state index contributed by atoms with van der Waals surface area (Å²) >= 11 is 0. The van der Waals surface area contributed by atoms with Gasteiger partial charge in [0.15, 0.2) is 0 Å². The molecule has 0 saturated carbocycles. The van der Waals surface area contributed by atoms with Crippen molar-refractivity contribution in [1.29, 1.82) is 0 Å². The van der Waals surface area contributed by atoms with Crippen LogP contribution in [0, 0.1) is 6.92 Å². The van der Waals surface area contributed by atoms with Crippen LogP contribution in [-0.4, -0.2) is 42.4 Å². The van der Waals surface area contributed by atoms with Crippen LogP contribution in [0.5, 0.6) is 6.01 Å². The van der Waals surface area contributed by atoms with E-state index >= 15 is 0 Å². The van der Waals surface area contributed by atoms with Crippen LogP contribution in [0.3, 0.4) is 0 Å². The number of fused-ring (bicyclic) bond motifs is 1. The minimum absolute atomic E-state index is 0.109. The number of ether oxygens (including phenoxy) is 1. The standard InChI is InChI=1S/C11H16N4O4S/c1-8-4-6-15-9(8)10(16)13-11(14-15)19-7-3-5-12-20(2,17)18/h4,6,12H,3,5,7H2,1-2H3,(H,13,14,16). The van der Waals surface area contributed by atoms with Crippen LogP contribution >= 0.6 is 0 Å². The molecule has 9 heteroatoms. The SMILES string of the molecule is Cc1ccn2nc(OCCCNS(C)(=O)=O)[nH]c(=O)c12. The van der Waals surface area contributed by atoms with Gasteiger partial charge in [-0.15, -0.1) is 5.10 Å². The van der Waals surface area contributed by atoms with Gasteiger partial charge in [-0.25, -0.2) is 17.7 Å². The Bertz CT molecular complexity index is 762. The second kappa shape index (κ2) is 5.63. The highest BCUT2D eigenvalue weighted by molar-refractivity contribution is 7.88. The van der Waals surface area contributed by atoms with E-state index in [0.717, 1.165) is 11.8 Å². The highest BCUT2D eigenvalue weighted by atomic mass is 32.2. The average molecular weight is 300 g/mol. The van der Waals surface area contributed by atoms with Gasteiger partial charge in [-0.1, -0.05) is 0 Å². The molecule has 8 nitrogen and oxygen atoms in total. The number of sulfonamides is 1. The van der Waals surface area contributed by atoms with E-state index < -0.39 is 10.0 Å². The van der Waals surface area contributed by atoms with Crippen molar-refractivity contribution >= 4 is 15.5 Å². The Morgan fingerprint density at radius 3 is 2.95 bits per heavy atom. The summed E-state index contributed by atoms with van der Waals surface area (Å²) in [5, 5.41) is 4.10. The number of rotatable bonds is 6. The molecule has 0 aliphatic rings. The number of aryl methyl sites for hydroxylation is 1. The molecule has 0 radical (unpaired) electrons. The molecule has 0 bridgehead atoms. The molecule has 0 unspecified atom stereocenters. The Labute approximate surface area is 115 Å². The third-order valence-corrected chi connectivity index (χ3v) is 3.36. The number of nitrogens with one attached hydrogen (secondary N) is 2. The van der Waals surface area contributed by atoms with Crippen LogP contribution in [0.1, 0.15) is 12.0 Å². The minimum atomic E-state index is -3.19. The number of aromatic nitrogens is 3. The second-order valence-electron chi connectivity index (χ2n) is 4.42. The third-order valence-electron chi connectivity index (χ3n) is 2.63. The van der Waals surface area contributed by atoms with Gasteiger partial charge in [-0.05, 0) is 25.0 Å². The van der Waals surface area contributed by atoms with E-state index in [0.29, 0.717) is 11.9 Å². The highest BCUT2D eigenvalue weighted by Crippen LogP contribution is 2.07. The fourth-order valence-corrected chi connectivity index (χ4v) is 2.24. The molecule has 0 aliphatic heterocycles. The van der Waals surface area contributed by atoms with Gasteiger partial charge < -0.3 is 4.74 Å². The number of H-pyrrole nitrogens is 1. The number of nitrogens with zero attached hydrogens (tertiary/aromatic N) is 2. The maximum atomic E-state index is 11.8. The van der Waals surface area contributed by atoms with E-state index in [1.54, 1.807) is 12.3 Å². The first-order valence-corrected chi connectivity index (χ1v) is 7.92. The lowest BCUT2D eigenvalue weighted by atomic mass is 10.3. The monoisotopic (exact) mass is 300 g/mol. The highest BCUT2D eigenvalue weighted by Gasteiger charge is 2.07. The molecule has 2 N–H and O–H groups in total. The first kappa shape index (κ1) is 14.5. The van der Waals surface area contributed by atoms with Crippen molar-refractivity contribution in [3.05, 3.63) is 28.2 Å². The summed E-state index contributed by atoms with van der Waals surface area (Å²) in [6, 6.07) is 1.90. The maximum Gasteiger partial charge on any atom is 0.314 e. The van der Waals surface area contributed by atoms with Crippen molar-refractivity contribution < 1.29 is 13.2 Å². The molecule has 0 atom stereocenters. The van der Waals surface area contributed by atoms with Crippen molar-refractivity contribution in [2.24, 2.45) is 0 Å². The molecule has 2 aromatic rings. The lowest BCUT2D eigenvalue weighted by Gasteiger charge is -2.05. The zero-order chi connectivity index (χ0) is 14.8. The van der Waals surface area contributed by atoms with Gasteiger partial charge in [0.1, 0.15) is 5.52 Å². The van der Waals surface area contributed by atoms with Gasteiger partial charge in [-0.2, -0.15) is 0 Å². The largest absolute Gasteiger partial charge is 0.464 e. The third kappa shape index (κ3) is 3.58. The van der Waals surface area contributed by atoms with E-state index in [2.05, 4.69) is 14.8 Å². The Kier molecular flexibility index (Phi) is 4.09. The first-order chi connectivity index (χ1) is 9.37. The van der Waals surface area contributed by atoms with E-state index in [1.165, 1.54) is 4.52 Å². The zero-order valence-electron chi connectivity index (χ0n) is 11.2. The molecular formula is C11H16N4O4S. The Morgan fingerprint density at radius 2 is 2.25 bits per heavy atom. The Morgan fingerprint density at radius 1 is 1.50 bits per heavy atom. The fraction of sp³-hybridized carbons (Fsp3) is 0.455. The van der Waals surface area contributed by atoms with Crippen LogP contribution in [-0.2, 0) is 10.0 Å². The Balaban J connectivity index is 1.96. The summed E-state index contributed by atoms with van der Waals surface area (Å²) in [6.45, 7) is 2.34. The maximum absolute atomic E-state index is 11.8. The van der Waals surface area contributed by atoms with Gasteiger partial charge in [-0.3, -0.25) is 9.78 Å². The van der Waals surface area contributed by atoms with Gasteiger partial charge in [0, 0.05) is 12.7 Å². The normalized spacial score (nSPS) is 11.9. The topological polar surface area (TPSA) is 106 Å². The van der Waals surface area contributed by atoms with Gasteiger partial charge in [0.05, 0.1) is 12.9 Å². The van der Waals surface area contributed by atoms with Crippen LogP contribution < -0.4 is 15.0 Å². The van der Waals surface area contributed by atoms with E-state index in [9.17, 15) is 13.2 Å². The van der Waals surface area contributed by atoms with Gasteiger partial charge >= 0.3 is 6.01 Å². The molecule has 0 aromatic carbocycles. The zero-order valence-corrected chi connectivity index (χ0v) is 12.0. The summed E-state index contributed by atoms with van der Waals surface area (Å²) in [7, 11) is -3.19. The second-order valence-corrected chi connectivity index (χ2v) is 6.25. The summed E-state index contributed by atoms with van der Waals surface area (Å²) < 4.78 is 30.8. The average Bonchev–Trinajstić information content (AvgIpc) is 2.69. The quantitative estimate of drug-likeness (QED) is 0.709. The van der Waals surface area contributed by atoms with Crippen LogP contribution in [0.15, 0.2) is 17.1 Å². The number of aromatic amines is 1. The molecule has 0 aliphatic carbocycles. The molecule has 0 saturated heterocycles. The molecule has 20 heavy (non-hydrogen) atoms. The van der Waals surface area contributed by atoms with E-state index in [4.69, 9.17) is 4.74 Å². The number of hydrogen-bond donors (Lipinski definition) is 2. The smallest absolute Gasteiger partial charge is 0.314 e. The molecule has 2 rings (SSSR count). The van der Waals surface area contributed by atoms with Crippen LogP contribution in [0.4, 0.5) is 0 Å². The fourth-order valence-electron chi connectivity index (χ4n) is 1.73. The lowest BCUT2D eigenvalue weighted by Crippen LogP contribution is -2.24. The summed E-state index contributed by atoms with van der Waals surface area (Å²) in [4.78, 5) is 14.3. The molecule has 2 aromatic heterocycles. The van der Waals surface area contributed by atoms with Crippen molar-refractivity contribution in [1.82, 2.24) is 19.3 Å². The molecular weight excluding hydrogens is 284 g/mol. The van der Waals surface area contributed by atoms with E-state index in [-0.39, 0.29) is 24.7 Å². The van der Waals surface area contributed by atoms with Crippen molar-refractivity contribution in [3.8, 4) is 6.01 Å². The van der Waals surface area contributed by atoms with Crippen LogP contribution in [0.2, 0.25) is 0 Å². The van der Waals surface area contributed by atoms with Gasteiger partial charge in [0.2, 0.25) is 10.0 Å². The molecule has 2 heterocycles. The predicted molar refractivity (Wildman–Crippen MR) is 73.5 cm³/mol.